The molecule has 0 aromatic carbocycles. The van der Waals surface area contributed by atoms with E-state index >= 15 is 0 Å². The van der Waals surface area contributed by atoms with Crippen molar-refractivity contribution in [3.63, 3.8) is 0 Å². The Kier molecular flexibility index (Phi) is 6.33. The molecule has 0 aliphatic rings. The molecule has 3 N–H and O–H groups in total. The van der Waals surface area contributed by atoms with Crippen LogP contribution in [0.4, 0.5) is 0 Å². The van der Waals surface area contributed by atoms with Gasteiger partial charge in [0, 0.05) is 0 Å². The number of halogens is 1. The summed E-state index contributed by atoms with van der Waals surface area (Å²) in [4.78, 5) is 0. The van der Waals surface area contributed by atoms with E-state index in [-0.39, 0.29) is 5.03 Å². The molecule has 13 heavy (non-hydrogen) atoms. The van der Waals surface area contributed by atoms with Crippen LogP contribution < -0.4 is 0 Å². The molecule has 0 spiro atoms. The van der Waals surface area contributed by atoms with Gasteiger partial charge in [-0.1, -0.05) is 43.9 Å². The molecular weight excluding hydrogens is 192 g/mol. The van der Waals surface area contributed by atoms with Gasteiger partial charge in [0.2, 0.25) is 0 Å². The van der Waals surface area contributed by atoms with Gasteiger partial charge in [-0.2, -0.15) is 0 Å². The second-order valence-electron chi connectivity index (χ2n) is 3.04. The molecule has 0 atom stereocenters. The first-order chi connectivity index (χ1) is 5.98. The standard InChI is InChI=1S/C9H17ClO3/c1-2-3-4-5-6-7-8(10)9(11,12)13/h7,11-13H,2-6H2,1H3/b8-7-. The van der Waals surface area contributed by atoms with Gasteiger partial charge in [-0.15, -0.1) is 0 Å². The number of hydrogen-bond acceptors (Lipinski definition) is 3. The van der Waals surface area contributed by atoms with E-state index in [1.165, 1.54) is 6.08 Å². The molecular formula is C9H17ClO3. The van der Waals surface area contributed by atoms with Crippen molar-refractivity contribution in [1.29, 1.82) is 0 Å². The lowest BCUT2D eigenvalue weighted by Gasteiger charge is -2.12. The van der Waals surface area contributed by atoms with Crippen LogP contribution in [0, 0.1) is 0 Å². The zero-order valence-electron chi connectivity index (χ0n) is 7.83. The summed E-state index contributed by atoms with van der Waals surface area (Å²) >= 11 is 5.38. The van der Waals surface area contributed by atoms with Crippen molar-refractivity contribution in [3.05, 3.63) is 11.1 Å². The lowest BCUT2D eigenvalue weighted by molar-refractivity contribution is -0.277. The van der Waals surface area contributed by atoms with Crippen LogP contribution in [-0.2, 0) is 0 Å². The van der Waals surface area contributed by atoms with Crippen molar-refractivity contribution in [3.8, 4) is 0 Å². The molecule has 78 valence electrons. The number of hydrogen-bond donors (Lipinski definition) is 3. The van der Waals surface area contributed by atoms with Crippen LogP contribution in [0.25, 0.3) is 0 Å². The van der Waals surface area contributed by atoms with Crippen LogP contribution in [-0.4, -0.2) is 21.3 Å². The fourth-order valence-corrected chi connectivity index (χ4v) is 1.05. The predicted molar refractivity (Wildman–Crippen MR) is 52.1 cm³/mol. The Bertz CT molecular complexity index is 161. The number of allylic oxidation sites excluding steroid dienone is 1. The molecule has 0 radical (unpaired) electrons. The van der Waals surface area contributed by atoms with E-state index in [9.17, 15) is 0 Å². The minimum absolute atomic E-state index is 0.330. The second kappa shape index (κ2) is 6.38. The quantitative estimate of drug-likeness (QED) is 0.460. The van der Waals surface area contributed by atoms with E-state index in [1.54, 1.807) is 0 Å². The average molecular weight is 209 g/mol. The van der Waals surface area contributed by atoms with Gasteiger partial charge in [-0.05, 0) is 12.8 Å². The Labute approximate surface area is 83.7 Å². The van der Waals surface area contributed by atoms with E-state index in [1.807, 2.05) is 0 Å². The third-order valence-electron chi connectivity index (χ3n) is 1.70. The van der Waals surface area contributed by atoms with Crippen LogP contribution in [0.2, 0.25) is 0 Å². The first kappa shape index (κ1) is 12.9. The van der Waals surface area contributed by atoms with E-state index in [2.05, 4.69) is 6.92 Å². The van der Waals surface area contributed by atoms with Gasteiger partial charge < -0.3 is 15.3 Å². The van der Waals surface area contributed by atoms with Gasteiger partial charge in [0.1, 0.15) is 5.03 Å². The summed E-state index contributed by atoms with van der Waals surface area (Å²) in [6, 6.07) is 0. The number of rotatable bonds is 6. The molecule has 0 bridgehead atoms. The molecule has 4 heteroatoms. The molecule has 0 rings (SSSR count). The smallest absolute Gasteiger partial charge is 0.315 e. The van der Waals surface area contributed by atoms with Crippen molar-refractivity contribution < 1.29 is 15.3 Å². The highest BCUT2D eigenvalue weighted by Crippen LogP contribution is 2.16. The summed E-state index contributed by atoms with van der Waals surface area (Å²) in [7, 11) is 0. The molecule has 0 amide bonds. The normalized spacial score (nSPS) is 13.5. The minimum atomic E-state index is -2.87. The summed E-state index contributed by atoms with van der Waals surface area (Å²) in [5, 5.41) is 25.5. The number of aliphatic hydroxyl groups is 3. The number of unbranched alkanes of at least 4 members (excludes halogenated alkanes) is 4. The van der Waals surface area contributed by atoms with Gasteiger partial charge in [0.05, 0.1) is 0 Å². The van der Waals surface area contributed by atoms with Gasteiger partial charge in [-0.3, -0.25) is 0 Å². The fraction of sp³-hybridized carbons (Fsp3) is 0.778. The monoisotopic (exact) mass is 208 g/mol. The Morgan fingerprint density at radius 1 is 1.23 bits per heavy atom. The molecule has 3 nitrogen and oxygen atoms in total. The Morgan fingerprint density at radius 2 is 1.85 bits per heavy atom. The van der Waals surface area contributed by atoms with Crippen molar-refractivity contribution in [1.82, 2.24) is 0 Å². The summed E-state index contributed by atoms with van der Waals surface area (Å²) in [6.07, 6.45) is 6.43. The van der Waals surface area contributed by atoms with Crippen molar-refractivity contribution >= 4 is 11.6 Å². The van der Waals surface area contributed by atoms with E-state index < -0.39 is 5.97 Å². The molecule has 0 heterocycles. The Hall–Kier alpha value is -0.0900. The molecule has 0 saturated carbocycles. The van der Waals surface area contributed by atoms with Crippen LogP contribution in [0.15, 0.2) is 11.1 Å². The summed E-state index contributed by atoms with van der Waals surface area (Å²) < 4.78 is 0. The van der Waals surface area contributed by atoms with Crippen molar-refractivity contribution in [2.24, 2.45) is 0 Å². The molecule has 0 aromatic heterocycles. The van der Waals surface area contributed by atoms with Gasteiger partial charge in [-0.25, -0.2) is 0 Å². The highest BCUT2D eigenvalue weighted by Gasteiger charge is 2.22. The zero-order valence-corrected chi connectivity index (χ0v) is 8.59. The third kappa shape index (κ3) is 7.02. The first-order valence-electron chi connectivity index (χ1n) is 4.51. The maximum absolute atomic E-state index is 8.60. The molecule has 0 aliphatic carbocycles. The summed E-state index contributed by atoms with van der Waals surface area (Å²) in [5.74, 6) is -2.87. The zero-order chi connectivity index (χ0) is 10.3. The van der Waals surface area contributed by atoms with Crippen LogP contribution in [0.1, 0.15) is 39.0 Å². The maximum atomic E-state index is 8.60. The highest BCUT2D eigenvalue weighted by atomic mass is 35.5. The van der Waals surface area contributed by atoms with Gasteiger partial charge in [0.15, 0.2) is 0 Å². The summed E-state index contributed by atoms with van der Waals surface area (Å²) in [5.41, 5.74) is 0. The van der Waals surface area contributed by atoms with Crippen LogP contribution >= 0.6 is 11.6 Å². The minimum Gasteiger partial charge on any atom is -0.339 e. The lowest BCUT2D eigenvalue weighted by Crippen LogP contribution is -2.27. The molecule has 0 saturated heterocycles. The highest BCUT2D eigenvalue weighted by molar-refractivity contribution is 6.30. The average Bonchev–Trinajstić information content (AvgIpc) is 2.02. The van der Waals surface area contributed by atoms with Gasteiger partial charge in [0.25, 0.3) is 0 Å². The molecule has 0 fully saturated rings. The second-order valence-corrected chi connectivity index (χ2v) is 3.44. The Morgan fingerprint density at radius 3 is 2.31 bits per heavy atom. The fourth-order valence-electron chi connectivity index (χ4n) is 0.937. The first-order valence-corrected chi connectivity index (χ1v) is 4.89. The van der Waals surface area contributed by atoms with Crippen LogP contribution in [0.5, 0.6) is 0 Å². The van der Waals surface area contributed by atoms with Crippen molar-refractivity contribution in [2.75, 3.05) is 0 Å². The maximum Gasteiger partial charge on any atom is 0.315 e. The van der Waals surface area contributed by atoms with E-state index in [0.29, 0.717) is 6.42 Å². The predicted octanol–water partition coefficient (Wildman–Crippen LogP) is 1.71. The molecule has 0 aliphatic heterocycles. The Balaban J connectivity index is 3.60. The summed E-state index contributed by atoms with van der Waals surface area (Å²) in [6.45, 7) is 2.11. The molecule has 0 aromatic rings. The molecule has 0 unspecified atom stereocenters. The van der Waals surface area contributed by atoms with E-state index in [0.717, 1.165) is 25.7 Å². The lowest BCUT2D eigenvalue weighted by atomic mass is 10.1. The van der Waals surface area contributed by atoms with Gasteiger partial charge >= 0.3 is 5.97 Å². The SMILES string of the molecule is CCCCCC/C=C(\Cl)C(O)(O)O. The van der Waals surface area contributed by atoms with E-state index in [4.69, 9.17) is 26.9 Å². The largest absolute Gasteiger partial charge is 0.339 e. The van der Waals surface area contributed by atoms with Crippen molar-refractivity contribution in [2.45, 2.75) is 45.0 Å². The van der Waals surface area contributed by atoms with Crippen LogP contribution in [0.3, 0.4) is 0 Å². The topological polar surface area (TPSA) is 60.7 Å². The third-order valence-corrected chi connectivity index (χ3v) is 2.11.